The Balaban J connectivity index is 1.44. The summed E-state index contributed by atoms with van der Waals surface area (Å²) in [5.74, 6) is -1.22. The molecule has 1 saturated heterocycles. The van der Waals surface area contributed by atoms with Crippen LogP contribution in [0.4, 0.5) is 0 Å². The number of rotatable bonds is 10. The Morgan fingerprint density at radius 1 is 1.08 bits per heavy atom. The van der Waals surface area contributed by atoms with Crippen LogP contribution in [0.5, 0.6) is 11.5 Å². The lowest BCUT2D eigenvalue weighted by molar-refractivity contribution is -0.301. The summed E-state index contributed by atoms with van der Waals surface area (Å²) in [6, 6.07) is 4.01. The van der Waals surface area contributed by atoms with E-state index in [2.05, 4.69) is 0 Å². The van der Waals surface area contributed by atoms with Gasteiger partial charge in [0.1, 0.15) is 31.0 Å². The highest BCUT2D eigenvalue weighted by Gasteiger charge is 2.44. The number of phenols is 2. The lowest BCUT2D eigenvalue weighted by Gasteiger charge is -2.39. The van der Waals surface area contributed by atoms with Gasteiger partial charge in [-0.3, -0.25) is 4.79 Å². The Bertz CT molecular complexity index is 1030. The number of allylic oxidation sites excluding steroid dienone is 3. The van der Waals surface area contributed by atoms with Crippen molar-refractivity contribution in [2.45, 2.75) is 63.3 Å². The fraction of sp³-hybridized carbons (Fsp3) is 0.462. The molecule has 3 rings (SSSR count). The fourth-order valence-electron chi connectivity index (χ4n) is 3.91. The van der Waals surface area contributed by atoms with Crippen molar-refractivity contribution in [2.75, 3.05) is 13.2 Å². The number of aliphatic hydroxyl groups is 3. The molecule has 0 aromatic heterocycles. The van der Waals surface area contributed by atoms with Gasteiger partial charge in [-0.1, -0.05) is 23.8 Å². The van der Waals surface area contributed by atoms with Crippen molar-refractivity contribution in [1.29, 1.82) is 0 Å². The van der Waals surface area contributed by atoms with E-state index >= 15 is 0 Å². The summed E-state index contributed by atoms with van der Waals surface area (Å²) >= 11 is 0. The number of esters is 1. The highest BCUT2D eigenvalue weighted by molar-refractivity contribution is 5.98. The minimum atomic E-state index is -1.57. The number of Topliss-reactive ketones (excluding diaryl/α,β-unsaturated/α-hetero) is 1. The summed E-state index contributed by atoms with van der Waals surface area (Å²) in [5.41, 5.74) is 2.41. The number of aromatic hydroxyl groups is 2. The summed E-state index contributed by atoms with van der Waals surface area (Å²) in [6.07, 6.45) is 1.65. The monoisotopic (exact) mass is 504 g/mol. The lowest BCUT2D eigenvalue weighted by atomic mass is 9.99. The van der Waals surface area contributed by atoms with Crippen LogP contribution in [0.3, 0.4) is 0 Å². The summed E-state index contributed by atoms with van der Waals surface area (Å²) in [7, 11) is 0. The van der Waals surface area contributed by atoms with Gasteiger partial charge in [-0.2, -0.15) is 0 Å². The van der Waals surface area contributed by atoms with E-state index in [0.717, 1.165) is 23.6 Å². The first-order valence-corrected chi connectivity index (χ1v) is 11.7. The molecule has 1 aliphatic heterocycles. The maximum Gasteiger partial charge on any atom is 0.330 e. The van der Waals surface area contributed by atoms with Gasteiger partial charge in [0.2, 0.25) is 0 Å². The molecule has 196 valence electrons. The number of hydrogen-bond donors (Lipinski definition) is 5. The average Bonchev–Trinajstić information content (AvgIpc) is 3.18. The van der Waals surface area contributed by atoms with Crippen LogP contribution in [0.1, 0.15) is 38.2 Å². The number of phenolic OH excluding ortho intramolecular Hbond substituents is 2. The second-order valence-electron chi connectivity index (χ2n) is 8.74. The Hall–Kier alpha value is -3.02. The molecule has 1 aliphatic carbocycles. The second-order valence-corrected chi connectivity index (χ2v) is 8.74. The van der Waals surface area contributed by atoms with Gasteiger partial charge in [0.25, 0.3) is 0 Å². The maximum atomic E-state index is 12.0. The lowest BCUT2D eigenvalue weighted by Crippen LogP contribution is -2.59. The van der Waals surface area contributed by atoms with Gasteiger partial charge in [0, 0.05) is 12.5 Å². The summed E-state index contributed by atoms with van der Waals surface area (Å²) in [4.78, 5) is 23.8. The quantitative estimate of drug-likeness (QED) is 0.104. The molecule has 0 bridgehead atoms. The zero-order valence-corrected chi connectivity index (χ0v) is 19.9. The van der Waals surface area contributed by atoms with Crippen LogP contribution < -0.4 is 0 Å². The van der Waals surface area contributed by atoms with Crippen molar-refractivity contribution in [3.05, 3.63) is 53.1 Å². The Morgan fingerprint density at radius 3 is 2.56 bits per heavy atom. The van der Waals surface area contributed by atoms with E-state index < -0.39 is 43.3 Å². The third-order valence-corrected chi connectivity index (χ3v) is 6.10. The van der Waals surface area contributed by atoms with Crippen molar-refractivity contribution in [1.82, 2.24) is 0 Å². The molecule has 5 N–H and O–H groups in total. The minimum absolute atomic E-state index is 0.155. The van der Waals surface area contributed by atoms with Crippen LogP contribution in [0.15, 0.2) is 47.6 Å². The molecule has 10 nitrogen and oxygen atoms in total. The average molecular weight is 505 g/mol. The van der Waals surface area contributed by atoms with E-state index in [-0.39, 0.29) is 23.9 Å². The van der Waals surface area contributed by atoms with E-state index in [9.17, 15) is 35.1 Å². The number of aliphatic hydroxyl groups excluding tert-OH is 3. The van der Waals surface area contributed by atoms with E-state index in [1.54, 1.807) is 0 Å². The number of hydrogen-bond acceptors (Lipinski definition) is 10. The van der Waals surface area contributed by atoms with Gasteiger partial charge in [-0.25, -0.2) is 4.79 Å². The molecular formula is C26H32O10. The molecule has 1 aromatic carbocycles. The summed E-state index contributed by atoms with van der Waals surface area (Å²) < 4.78 is 16.1. The SMILES string of the molecule is CC1=C(CC=CCCOC2OC(COC(=O)C=Cc3ccc(O)c(O)c3)C(O)C(O)C2O)C(=O)CC1. The first-order chi connectivity index (χ1) is 17.2. The molecule has 10 heteroatoms. The molecule has 36 heavy (non-hydrogen) atoms. The summed E-state index contributed by atoms with van der Waals surface area (Å²) in [5, 5.41) is 49.3. The number of ketones is 1. The van der Waals surface area contributed by atoms with Gasteiger partial charge in [0.05, 0.1) is 6.61 Å². The first-order valence-electron chi connectivity index (χ1n) is 11.7. The Morgan fingerprint density at radius 2 is 1.86 bits per heavy atom. The highest BCUT2D eigenvalue weighted by atomic mass is 16.7. The van der Waals surface area contributed by atoms with Gasteiger partial charge in [-0.05, 0) is 55.5 Å². The zero-order valence-electron chi connectivity index (χ0n) is 19.9. The third kappa shape index (κ3) is 7.25. The van der Waals surface area contributed by atoms with Gasteiger partial charge < -0.3 is 39.7 Å². The molecular weight excluding hydrogens is 472 g/mol. The molecule has 2 aliphatic rings. The van der Waals surface area contributed by atoms with Crippen molar-refractivity contribution < 1.29 is 49.3 Å². The maximum absolute atomic E-state index is 12.0. The number of carbonyl (C=O) groups is 2. The second kappa shape index (κ2) is 12.8. The fourth-order valence-corrected chi connectivity index (χ4v) is 3.91. The molecule has 5 atom stereocenters. The van der Waals surface area contributed by atoms with Crippen LogP contribution in [0.25, 0.3) is 6.08 Å². The smallest absolute Gasteiger partial charge is 0.330 e. The molecule has 0 spiro atoms. The third-order valence-electron chi connectivity index (χ3n) is 6.10. The van der Waals surface area contributed by atoms with E-state index in [1.165, 1.54) is 24.3 Å². The number of benzene rings is 1. The van der Waals surface area contributed by atoms with Gasteiger partial charge >= 0.3 is 5.97 Å². The van der Waals surface area contributed by atoms with Crippen molar-refractivity contribution >= 4 is 17.8 Å². The molecule has 0 saturated carbocycles. The van der Waals surface area contributed by atoms with Crippen LogP contribution in [-0.2, 0) is 23.8 Å². The normalized spacial score (nSPS) is 26.9. The van der Waals surface area contributed by atoms with Gasteiger partial charge in [0.15, 0.2) is 23.6 Å². The van der Waals surface area contributed by atoms with Gasteiger partial charge in [-0.15, -0.1) is 0 Å². The molecule has 1 heterocycles. The minimum Gasteiger partial charge on any atom is -0.504 e. The van der Waals surface area contributed by atoms with Crippen LogP contribution >= 0.6 is 0 Å². The Labute approximate surface area is 208 Å². The largest absolute Gasteiger partial charge is 0.504 e. The van der Waals surface area contributed by atoms with Crippen molar-refractivity contribution in [3.63, 3.8) is 0 Å². The number of ether oxygens (including phenoxy) is 3. The van der Waals surface area contributed by atoms with Crippen LogP contribution in [0, 0.1) is 0 Å². The van der Waals surface area contributed by atoms with Crippen LogP contribution in [0.2, 0.25) is 0 Å². The molecule has 0 amide bonds. The van der Waals surface area contributed by atoms with E-state index in [1.807, 2.05) is 19.1 Å². The predicted molar refractivity (Wildman–Crippen MR) is 128 cm³/mol. The van der Waals surface area contributed by atoms with E-state index in [4.69, 9.17) is 14.2 Å². The first kappa shape index (κ1) is 27.6. The highest BCUT2D eigenvalue weighted by Crippen LogP contribution is 2.26. The molecule has 1 aromatic rings. The predicted octanol–water partition coefficient (Wildman–Crippen LogP) is 1.49. The van der Waals surface area contributed by atoms with Crippen molar-refractivity contribution in [3.8, 4) is 11.5 Å². The van der Waals surface area contributed by atoms with E-state index in [0.29, 0.717) is 24.8 Å². The molecule has 1 fully saturated rings. The topological polar surface area (TPSA) is 163 Å². The molecule has 5 unspecified atom stereocenters. The number of carbonyl (C=O) groups excluding carboxylic acids is 2. The van der Waals surface area contributed by atoms with Crippen molar-refractivity contribution in [2.24, 2.45) is 0 Å². The zero-order chi connectivity index (χ0) is 26.2. The Kier molecular flexibility index (Phi) is 9.80. The molecule has 0 radical (unpaired) electrons. The summed E-state index contributed by atoms with van der Waals surface area (Å²) in [6.45, 7) is 1.71. The van der Waals surface area contributed by atoms with Crippen LogP contribution in [-0.4, -0.2) is 81.2 Å². The standard InChI is InChI=1S/C26H32O10/c1-15-6-9-18(27)17(15)5-3-2-4-12-34-26-25(33)24(32)23(31)21(36-26)14-35-22(30)11-8-16-7-10-19(28)20(29)13-16/h2-3,7-8,10-11,13,21,23-26,28-29,31-33H,4-6,9,12,14H2,1H3.